The summed E-state index contributed by atoms with van der Waals surface area (Å²) >= 11 is 0. The third kappa shape index (κ3) is 3.62. The Morgan fingerprint density at radius 2 is 1.87 bits per heavy atom. The Morgan fingerprint density at radius 1 is 1.33 bits per heavy atom. The van der Waals surface area contributed by atoms with Crippen molar-refractivity contribution in [1.29, 1.82) is 0 Å². The molecule has 0 heterocycles. The second-order valence-electron chi connectivity index (χ2n) is 4.44. The molecule has 0 saturated carbocycles. The van der Waals surface area contributed by atoms with Gasteiger partial charge in [-0.05, 0) is 46.2 Å². The minimum absolute atomic E-state index is 0.0544. The quantitative estimate of drug-likeness (QED) is 0.495. The molecule has 0 aromatic carbocycles. The fourth-order valence-corrected chi connectivity index (χ4v) is 2.38. The van der Waals surface area contributed by atoms with E-state index in [4.69, 9.17) is 0 Å². The highest BCUT2D eigenvalue weighted by molar-refractivity contribution is 4.92. The number of rotatable bonds is 8. The van der Waals surface area contributed by atoms with Crippen LogP contribution in [-0.4, -0.2) is 35.7 Å². The van der Waals surface area contributed by atoms with E-state index in [2.05, 4.69) is 39.4 Å². The molecule has 0 aliphatic rings. The highest BCUT2D eigenvalue weighted by atomic mass is 16.3. The van der Waals surface area contributed by atoms with Gasteiger partial charge in [-0.3, -0.25) is 0 Å². The molecule has 2 heteroatoms. The second kappa shape index (κ2) is 7.02. The summed E-state index contributed by atoms with van der Waals surface area (Å²) in [6.07, 6.45) is 6.56. The lowest BCUT2D eigenvalue weighted by Crippen LogP contribution is -2.52. The SMILES string of the molecule is C=CCCCC(O)C(CC)(CC)N(C)C. The van der Waals surface area contributed by atoms with Crippen LogP contribution in [0.25, 0.3) is 0 Å². The molecule has 0 radical (unpaired) electrons. The fourth-order valence-electron chi connectivity index (χ4n) is 2.38. The molecule has 0 saturated heterocycles. The van der Waals surface area contributed by atoms with E-state index in [1.54, 1.807) is 0 Å². The van der Waals surface area contributed by atoms with Gasteiger partial charge in [0, 0.05) is 5.54 Å². The average molecular weight is 213 g/mol. The third-order valence-electron chi connectivity index (χ3n) is 3.62. The molecule has 2 nitrogen and oxygen atoms in total. The van der Waals surface area contributed by atoms with Crippen molar-refractivity contribution < 1.29 is 5.11 Å². The van der Waals surface area contributed by atoms with Gasteiger partial charge in [-0.15, -0.1) is 6.58 Å². The van der Waals surface area contributed by atoms with Crippen molar-refractivity contribution in [3.8, 4) is 0 Å². The Bertz CT molecular complexity index is 173. The van der Waals surface area contributed by atoms with Crippen LogP contribution in [0.15, 0.2) is 12.7 Å². The summed E-state index contributed by atoms with van der Waals surface area (Å²) < 4.78 is 0. The summed E-state index contributed by atoms with van der Waals surface area (Å²) in [5, 5.41) is 10.3. The van der Waals surface area contributed by atoms with E-state index in [9.17, 15) is 5.11 Å². The van der Waals surface area contributed by atoms with E-state index in [0.717, 1.165) is 32.1 Å². The van der Waals surface area contributed by atoms with E-state index in [1.807, 2.05) is 6.08 Å². The summed E-state index contributed by atoms with van der Waals surface area (Å²) in [5.74, 6) is 0. The zero-order valence-corrected chi connectivity index (χ0v) is 10.8. The van der Waals surface area contributed by atoms with Gasteiger partial charge in [-0.2, -0.15) is 0 Å². The molecule has 0 aliphatic carbocycles. The molecule has 15 heavy (non-hydrogen) atoms. The number of hydrogen-bond donors (Lipinski definition) is 1. The minimum atomic E-state index is -0.234. The van der Waals surface area contributed by atoms with Gasteiger partial charge >= 0.3 is 0 Å². The van der Waals surface area contributed by atoms with Crippen molar-refractivity contribution in [2.24, 2.45) is 0 Å². The molecular weight excluding hydrogens is 186 g/mol. The van der Waals surface area contributed by atoms with Crippen LogP contribution in [0.1, 0.15) is 46.0 Å². The Morgan fingerprint density at radius 3 is 2.20 bits per heavy atom. The highest BCUT2D eigenvalue weighted by Crippen LogP contribution is 2.28. The van der Waals surface area contributed by atoms with Crippen LogP contribution >= 0.6 is 0 Å². The van der Waals surface area contributed by atoms with Crippen molar-refractivity contribution in [1.82, 2.24) is 4.90 Å². The standard InChI is InChI=1S/C13H27NO/c1-6-9-10-11-12(15)13(7-2,8-3)14(4)5/h6,12,15H,1,7-11H2,2-5H3. The first-order valence-electron chi connectivity index (χ1n) is 6.01. The van der Waals surface area contributed by atoms with Gasteiger partial charge in [-0.25, -0.2) is 0 Å². The van der Waals surface area contributed by atoms with Crippen LogP contribution in [0.3, 0.4) is 0 Å². The molecule has 90 valence electrons. The summed E-state index contributed by atoms with van der Waals surface area (Å²) in [6, 6.07) is 0. The molecule has 1 N–H and O–H groups in total. The van der Waals surface area contributed by atoms with E-state index >= 15 is 0 Å². The number of likely N-dealkylation sites (N-methyl/N-ethyl adjacent to an activating group) is 1. The molecule has 0 amide bonds. The number of unbranched alkanes of at least 4 members (excludes halogenated alkanes) is 1. The molecule has 0 bridgehead atoms. The third-order valence-corrected chi connectivity index (χ3v) is 3.62. The van der Waals surface area contributed by atoms with E-state index < -0.39 is 0 Å². The number of hydrogen-bond acceptors (Lipinski definition) is 2. The predicted octanol–water partition coefficient (Wildman–Crippen LogP) is 2.82. The van der Waals surface area contributed by atoms with E-state index in [1.165, 1.54) is 0 Å². The van der Waals surface area contributed by atoms with E-state index in [0.29, 0.717) is 0 Å². The first-order valence-corrected chi connectivity index (χ1v) is 6.01. The smallest absolute Gasteiger partial charge is 0.0723 e. The summed E-state index contributed by atoms with van der Waals surface area (Å²) in [5.41, 5.74) is -0.0544. The first-order chi connectivity index (χ1) is 7.05. The largest absolute Gasteiger partial charge is 0.391 e. The van der Waals surface area contributed by atoms with Crippen LogP contribution in [0.2, 0.25) is 0 Å². The topological polar surface area (TPSA) is 23.5 Å². The molecule has 1 unspecified atom stereocenters. The van der Waals surface area contributed by atoms with Gasteiger partial charge in [0.15, 0.2) is 0 Å². The fraction of sp³-hybridized carbons (Fsp3) is 0.846. The van der Waals surface area contributed by atoms with Gasteiger partial charge in [0.05, 0.1) is 6.10 Å². The van der Waals surface area contributed by atoms with Crippen LogP contribution < -0.4 is 0 Å². The van der Waals surface area contributed by atoms with Gasteiger partial charge in [0.25, 0.3) is 0 Å². The summed E-state index contributed by atoms with van der Waals surface area (Å²) in [4.78, 5) is 2.17. The lowest BCUT2D eigenvalue weighted by Gasteiger charge is -2.42. The Labute approximate surface area is 95.0 Å². The van der Waals surface area contributed by atoms with Crippen molar-refractivity contribution in [2.75, 3.05) is 14.1 Å². The maximum absolute atomic E-state index is 10.3. The molecule has 0 aliphatic heterocycles. The Balaban J connectivity index is 4.40. The zero-order chi connectivity index (χ0) is 11.9. The van der Waals surface area contributed by atoms with Gasteiger partial charge in [-0.1, -0.05) is 19.9 Å². The molecule has 0 aromatic rings. The predicted molar refractivity (Wildman–Crippen MR) is 67.1 cm³/mol. The zero-order valence-electron chi connectivity index (χ0n) is 10.8. The number of aliphatic hydroxyl groups is 1. The van der Waals surface area contributed by atoms with Crippen LogP contribution in [0, 0.1) is 0 Å². The van der Waals surface area contributed by atoms with Crippen LogP contribution in [0.4, 0.5) is 0 Å². The van der Waals surface area contributed by atoms with Crippen molar-refractivity contribution >= 4 is 0 Å². The number of allylic oxidation sites excluding steroid dienone is 1. The molecule has 0 spiro atoms. The maximum atomic E-state index is 10.3. The summed E-state index contributed by atoms with van der Waals surface area (Å²) in [7, 11) is 4.12. The molecule has 0 fully saturated rings. The van der Waals surface area contributed by atoms with Crippen LogP contribution in [-0.2, 0) is 0 Å². The highest BCUT2D eigenvalue weighted by Gasteiger charge is 2.35. The molecule has 0 aromatic heterocycles. The lowest BCUT2D eigenvalue weighted by molar-refractivity contribution is -0.0184. The first kappa shape index (κ1) is 14.7. The number of nitrogens with zero attached hydrogens (tertiary/aromatic N) is 1. The lowest BCUT2D eigenvalue weighted by atomic mass is 9.83. The van der Waals surface area contributed by atoms with Crippen LogP contribution in [0.5, 0.6) is 0 Å². The molecule has 0 rings (SSSR count). The Kier molecular flexibility index (Phi) is 6.86. The van der Waals surface area contributed by atoms with Gasteiger partial charge in [0.1, 0.15) is 0 Å². The molecular formula is C13H27NO. The Hall–Kier alpha value is -0.340. The monoisotopic (exact) mass is 213 g/mol. The maximum Gasteiger partial charge on any atom is 0.0723 e. The molecule has 1 atom stereocenters. The normalized spacial score (nSPS) is 14.3. The minimum Gasteiger partial charge on any atom is -0.391 e. The van der Waals surface area contributed by atoms with Crippen molar-refractivity contribution in [2.45, 2.75) is 57.6 Å². The van der Waals surface area contributed by atoms with Crippen molar-refractivity contribution in [3.05, 3.63) is 12.7 Å². The van der Waals surface area contributed by atoms with Gasteiger partial charge < -0.3 is 10.0 Å². The second-order valence-corrected chi connectivity index (χ2v) is 4.44. The average Bonchev–Trinajstić information content (AvgIpc) is 2.20. The van der Waals surface area contributed by atoms with Crippen molar-refractivity contribution in [3.63, 3.8) is 0 Å². The number of aliphatic hydroxyl groups excluding tert-OH is 1. The van der Waals surface area contributed by atoms with E-state index in [-0.39, 0.29) is 11.6 Å². The summed E-state index contributed by atoms with van der Waals surface area (Å²) in [6.45, 7) is 8.01. The van der Waals surface area contributed by atoms with Gasteiger partial charge in [0.2, 0.25) is 0 Å².